The molecule has 2 heterocycles. The first kappa shape index (κ1) is 19.6. The number of hydrogen-bond acceptors (Lipinski definition) is 5. The second-order valence-electron chi connectivity index (χ2n) is 5.80. The van der Waals surface area contributed by atoms with Crippen molar-refractivity contribution in [2.45, 2.75) is 17.6 Å². The van der Waals surface area contributed by atoms with E-state index < -0.39 is 21.9 Å². The smallest absolute Gasteiger partial charge is 0.435 e. The van der Waals surface area contributed by atoms with Gasteiger partial charge in [-0.25, -0.2) is 8.42 Å². The van der Waals surface area contributed by atoms with Crippen molar-refractivity contribution >= 4 is 10.0 Å². The van der Waals surface area contributed by atoms with Crippen LogP contribution in [0.4, 0.5) is 13.2 Å². The van der Waals surface area contributed by atoms with Crippen LogP contribution in [0.3, 0.4) is 0 Å². The first-order chi connectivity index (χ1) is 12.8. The van der Waals surface area contributed by atoms with Crippen LogP contribution >= 0.6 is 0 Å². The molecule has 11 heteroatoms. The minimum atomic E-state index is -4.48. The van der Waals surface area contributed by atoms with Crippen molar-refractivity contribution in [3.8, 4) is 5.75 Å². The Labute approximate surface area is 154 Å². The summed E-state index contributed by atoms with van der Waals surface area (Å²) in [4.78, 5) is 0.152. The Morgan fingerprint density at radius 1 is 1.11 bits per heavy atom. The largest absolute Gasteiger partial charge is 0.492 e. The van der Waals surface area contributed by atoms with Gasteiger partial charge in [-0.15, -0.1) is 0 Å². The van der Waals surface area contributed by atoms with Gasteiger partial charge in [0, 0.05) is 19.3 Å². The lowest BCUT2D eigenvalue weighted by Crippen LogP contribution is -2.40. The fourth-order valence-corrected chi connectivity index (χ4v) is 3.95. The maximum Gasteiger partial charge on any atom is 0.435 e. The second-order valence-corrected chi connectivity index (χ2v) is 7.74. The molecule has 2 aromatic rings. The van der Waals surface area contributed by atoms with E-state index in [0.717, 1.165) is 10.7 Å². The summed E-state index contributed by atoms with van der Waals surface area (Å²) in [6.07, 6.45) is -3.25. The third-order valence-electron chi connectivity index (χ3n) is 3.95. The van der Waals surface area contributed by atoms with E-state index in [9.17, 15) is 21.6 Å². The molecular formula is C16H18F3N3O4S. The molecule has 0 N–H and O–H groups in total. The highest BCUT2D eigenvalue weighted by Gasteiger charge is 2.33. The van der Waals surface area contributed by atoms with Gasteiger partial charge in [-0.3, -0.25) is 4.68 Å². The zero-order valence-corrected chi connectivity index (χ0v) is 15.0. The predicted molar refractivity (Wildman–Crippen MR) is 88.7 cm³/mol. The third kappa shape index (κ3) is 4.79. The first-order valence-electron chi connectivity index (χ1n) is 8.18. The van der Waals surface area contributed by atoms with Gasteiger partial charge in [0.05, 0.1) is 24.7 Å². The number of nitrogens with zero attached hydrogens (tertiary/aromatic N) is 3. The summed E-state index contributed by atoms with van der Waals surface area (Å²) in [5.74, 6) is 0.416. The Hall–Kier alpha value is -2.11. The molecule has 0 aliphatic carbocycles. The molecule has 0 saturated carbocycles. The number of sulfonamides is 1. The van der Waals surface area contributed by atoms with Crippen LogP contribution in [0, 0.1) is 0 Å². The molecule has 7 nitrogen and oxygen atoms in total. The van der Waals surface area contributed by atoms with Crippen molar-refractivity contribution in [2.24, 2.45) is 0 Å². The standard InChI is InChI=1S/C16H18F3N3O4S/c17-16(18,19)15-5-6-21(20-15)7-12-26-13-1-3-14(4-2-13)27(23,24)22-8-10-25-11-9-22/h1-6H,7-12H2. The van der Waals surface area contributed by atoms with E-state index in [1.54, 1.807) is 0 Å². The summed E-state index contributed by atoms with van der Waals surface area (Å²) < 4.78 is 75.6. The van der Waals surface area contributed by atoms with Gasteiger partial charge in [0.15, 0.2) is 5.69 Å². The SMILES string of the molecule is O=S(=O)(c1ccc(OCCn2ccc(C(F)(F)F)n2)cc1)N1CCOCC1. The molecule has 0 atom stereocenters. The van der Waals surface area contributed by atoms with Gasteiger partial charge in [0.2, 0.25) is 10.0 Å². The Morgan fingerprint density at radius 2 is 1.78 bits per heavy atom. The minimum absolute atomic E-state index is 0.0918. The molecule has 1 saturated heterocycles. The normalized spacial score (nSPS) is 16.4. The summed E-state index contributed by atoms with van der Waals surface area (Å²) in [6, 6.07) is 6.80. The lowest BCUT2D eigenvalue weighted by Gasteiger charge is -2.26. The van der Waals surface area contributed by atoms with Gasteiger partial charge in [-0.2, -0.15) is 22.6 Å². The summed E-state index contributed by atoms with van der Waals surface area (Å²) in [5, 5.41) is 3.43. The molecule has 0 radical (unpaired) electrons. The number of morpholine rings is 1. The number of ether oxygens (including phenoxy) is 2. The van der Waals surface area contributed by atoms with Gasteiger partial charge in [-0.1, -0.05) is 0 Å². The summed E-state index contributed by atoms with van der Waals surface area (Å²) in [6.45, 7) is 1.57. The van der Waals surface area contributed by atoms with Crippen LogP contribution in [0.25, 0.3) is 0 Å². The van der Waals surface area contributed by atoms with Crippen LogP contribution < -0.4 is 4.74 Å². The van der Waals surface area contributed by atoms with Crippen molar-refractivity contribution in [1.82, 2.24) is 14.1 Å². The number of benzene rings is 1. The van der Waals surface area contributed by atoms with Crippen molar-refractivity contribution in [3.63, 3.8) is 0 Å². The predicted octanol–water partition coefficient (Wildman–Crippen LogP) is 2.00. The second kappa shape index (κ2) is 7.87. The number of rotatable bonds is 6. The van der Waals surface area contributed by atoms with E-state index >= 15 is 0 Å². The van der Waals surface area contributed by atoms with Gasteiger partial charge >= 0.3 is 6.18 Å². The molecule has 0 amide bonds. The van der Waals surface area contributed by atoms with Crippen LogP contribution in [-0.4, -0.2) is 55.4 Å². The van der Waals surface area contributed by atoms with Crippen LogP contribution in [0.2, 0.25) is 0 Å². The van der Waals surface area contributed by atoms with Crippen LogP contribution in [0.15, 0.2) is 41.4 Å². The average Bonchev–Trinajstić information content (AvgIpc) is 3.12. The van der Waals surface area contributed by atoms with Crippen LogP contribution in [-0.2, 0) is 27.5 Å². The number of hydrogen-bond donors (Lipinski definition) is 0. The molecule has 1 aromatic carbocycles. The molecule has 0 unspecified atom stereocenters. The zero-order chi connectivity index (χ0) is 19.5. The Morgan fingerprint density at radius 3 is 2.37 bits per heavy atom. The van der Waals surface area contributed by atoms with Gasteiger partial charge in [-0.05, 0) is 30.3 Å². The lowest BCUT2D eigenvalue weighted by atomic mass is 10.3. The highest BCUT2D eigenvalue weighted by molar-refractivity contribution is 7.89. The fraction of sp³-hybridized carbons (Fsp3) is 0.438. The van der Waals surface area contributed by atoms with E-state index in [2.05, 4.69) is 5.10 Å². The Kier molecular flexibility index (Phi) is 5.72. The maximum atomic E-state index is 12.5. The molecule has 1 aliphatic heterocycles. The number of alkyl halides is 3. The van der Waals surface area contributed by atoms with E-state index in [4.69, 9.17) is 9.47 Å². The molecule has 3 rings (SSSR count). The van der Waals surface area contributed by atoms with Crippen molar-refractivity contribution < 1.29 is 31.1 Å². The quantitative estimate of drug-likeness (QED) is 0.735. The summed E-state index contributed by atoms with van der Waals surface area (Å²) in [7, 11) is -3.58. The van der Waals surface area contributed by atoms with E-state index in [1.165, 1.54) is 34.8 Å². The molecular weight excluding hydrogens is 387 g/mol. The zero-order valence-electron chi connectivity index (χ0n) is 14.2. The number of halogens is 3. The topological polar surface area (TPSA) is 73.7 Å². The average molecular weight is 405 g/mol. The molecule has 1 fully saturated rings. The molecule has 0 spiro atoms. The van der Waals surface area contributed by atoms with Gasteiger partial charge in [0.1, 0.15) is 12.4 Å². The fourth-order valence-electron chi connectivity index (χ4n) is 2.54. The van der Waals surface area contributed by atoms with Gasteiger partial charge in [0.25, 0.3) is 0 Å². The van der Waals surface area contributed by atoms with E-state index in [-0.39, 0.29) is 18.0 Å². The lowest BCUT2D eigenvalue weighted by molar-refractivity contribution is -0.141. The number of aromatic nitrogens is 2. The van der Waals surface area contributed by atoms with Crippen molar-refractivity contribution in [2.75, 3.05) is 32.9 Å². The minimum Gasteiger partial charge on any atom is -0.492 e. The van der Waals surface area contributed by atoms with Crippen molar-refractivity contribution in [1.29, 1.82) is 0 Å². The summed E-state index contributed by atoms with van der Waals surface area (Å²) >= 11 is 0. The molecule has 1 aromatic heterocycles. The van der Waals surface area contributed by atoms with Crippen molar-refractivity contribution in [3.05, 3.63) is 42.2 Å². The summed E-state index contributed by atoms with van der Waals surface area (Å²) in [5.41, 5.74) is -0.958. The van der Waals surface area contributed by atoms with Crippen LogP contribution in [0.1, 0.15) is 5.69 Å². The molecule has 27 heavy (non-hydrogen) atoms. The molecule has 0 bridgehead atoms. The highest BCUT2D eigenvalue weighted by Crippen LogP contribution is 2.27. The monoisotopic (exact) mass is 405 g/mol. The Balaban J connectivity index is 1.55. The van der Waals surface area contributed by atoms with Gasteiger partial charge < -0.3 is 9.47 Å². The molecule has 1 aliphatic rings. The third-order valence-corrected chi connectivity index (χ3v) is 5.86. The van der Waals surface area contributed by atoms with Crippen LogP contribution in [0.5, 0.6) is 5.75 Å². The van der Waals surface area contributed by atoms with E-state index in [0.29, 0.717) is 32.1 Å². The Bertz CT molecular complexity index is 860. The molecule has 148 valence electrons. The van der Waals surface area contributed by atoms with E-state index in [1.807, 2.05) is 0 Å². The maximum absolute atomic E-state index is 12.5. The highest BCUT2D eigenvalue weighted by atomic mass is 32.2. The first-order valence-corrected chi connectivity index (χ1v) is 9.62.